The Hall–Kier alpha value is -0.690. The quantitative estimate of drug-likeness (QED) is 0.282. The van der Waals surface area contributed by atoms with Crippen LogP contribution in [-0.4, -0.2) is 51.9 Å². The van der Waals surface area contributed by atoms with E-state index in [9.17, 15) is 10.3 Å². The van der Waals surface area contributed by atoms with Crippen molar-refractivity contribution in [1.82, 2.24) is 19.7 Å². The van der Waals surface area contributed by atoms with Crippen LogP contribution in [0.15, 0.2) is 4.34 Å². The topological polar surface area (TPSA) is 72.3 Å². The summed E-state index contributed by atoms with van der Waals surface area (Å²) in [6, 6.07) is 0. The SMILES string of the molecule is C#CCN1CC(O)[N+]([O-])(c2nnc(SCCCC)s2)C1. The van der Waals surface area contributed by atoms with Crippen LogP contribution in [-0.2, 0) is 0 Å². The van der Waals surface area contributed by atoms with Crippen molar-refractivity contribution in [2.45, 2.75) is 30.3 Å². The lowest BCUT2D eigenvalue weighted by Gasteiger charge is -2.36. The molecule has 20 heavy (non-hydrogen) atoms. The van der Waals surface area contributed by atoms with Crippen molar-refractivity contribution in [2.24, 2.45) is 0 Å². The molecule has 1 aliphatic rings. The van der Waals surface area contributed by atoms with Crippen molar-refractivity contribution in [2.75, 3.05) is 25.5 Å². The molecule has 2 unspecified atom stereocenters. The van der Waals surface area contributed by atoms with Gasteiger partial charge in [0, 0.05) is 5.75 Å². The fourth-order valence-corrected chi connectivity index (χ4v) is 4.03. The number of hydrogen-bond donors (Lipinski definition) is 1. The van der Waals surface area contributed by atoms with Crippen LogP contribution < -0.4 is 4.65 Å². The average Bonchev–Trinajstić information content (AvgIpc) is 2.98. The highest BCUT2D eigenvalue weighted by Crippen LogP contribution is 2.35. The van der Waals surface area contributed by atoms with Gasteiger partial charge in [0.05, 0.1) is 13.1 Å². The van der Waals surface area contributed by atoms with Gasteiger partial charge in [-0.1, -0.05) is 36.1 Å². The predicted molar refractivity (Wildman–Crippen MR) is 82.0 cm³/mol. The van der Waals surface area contributed by atoms with Crippen LogP contribution in [0.4, 0.5) is 5.13 Å². The van der Waals surface area contributed by atoms with E-state index in [-0.39, 0.29) is 13.2 Å². The van der Waals surface area contributed by atoms with E-state index in [1.165, 1.54) is 11.3 Å². The number of unbranched alkanes of at least 4 members (excludes halogenated alkanes) is 1. The molecular formula is C12H18N4O2S2. The number of hydroxylamine groups is 2. The highest BCUT2D eigenvalue weighted by atomic mass is 32.2. The van der Waals surface area contributed by atoms with Gasteiger partial charge >= 0.3 is 5.13 Å². The zero-order valence-electron chi connectivity index (χ0n) is 11.4. The van der Waals surface area contributed by atoms with E-state index in [0.29, 0.717) is 11.7 Å². The number of quaternary nitrogens is 1. The van der Waals surface area contributed by atoms with Crippen LogP contribution in [0.25, 0.3) is 0 Å². The van der Waals surface area contributed by atoms with Crippen molar-refractivity contribution < 1.29 is 5.11 Å². The Morgan fingerprint density at radius 3 is 3.15 bits per heavy atom. The summed E-state index contributed by atoms with van der Waals surface area (Å²) in [4.78, 5) is 1.75. The van der Waals surface area contributed by atoms with Crippen molar-refractivity contribution in [3.8, 4) is 12.3 Å². The maximum absolute atomic E-state index is 12.7. The van der Waals surface area contributed by atoms with Crippen LogP contribution >= 0.6 is 23.1 Å². The molecule has 0 bridgehead atoms. The molecule has 1 fully saturated rings. The molecule has 1 aromatic heterocycles. The van der Waals surface area contributed by atoms with E-state index in [1.807, 2.05) is 0 Å². The van der Waals surface area contributed by atoms with Gasteiger partial charge in [-0.05, 0) is 17.8 Å². The normalized spacial score (nSPS) is 26.8. The smallest absolute Gasteiger partial charge is 0.310 e. The number of nitrogens with zero attached hydrogens (tertiary/aromatic N) is 4. The number of terminal acetylenes is 1. The summed E-state index contributed by atoms with van der Waals surface area (Å²) in [5.41, 5.74) is 0. The van der Waals surface area contributed by atoms with Gasteiger partial charge < -0.3 is 10.3 Å². The number of β-amino-alcohol motifs (C(OH)–C–C–N with tert-alkyl or cyclic N) is 1. The summed E-state index contributed by atoms with van der Waals surface area (Å²) in [6.45, 7) is 2.88. The van der Waals surface area contributed by atoms with Crippen LogP contribution in [0.1, 0.15) is 19.8 Å². The first-order valence-electron chi connectivity index (χ1n) is 6.49. The highest BCUT2D eigenvalue weighted by Gasteiger charge is 2.42. The molecule has 0 radical (unpaired) electrons. The summed E-state index contributed by atoms with van der Waals surface area (Å²) in [5, 5.41) is 31.0. The second-order valence-corrected chi connectivity index (χ2v) is 6.98. The molecule has 0 amide bonds. The summed E-state index contributed by atoms with van der Waals surface area (Å²) >= 11 is 2.87. The summed E-state index contributed by atoms with van der Waals surface area (Å²) in [7, 11) is 0. The van der Waals surface area contributed by atoms with E-state index in [2.05, 4.69) is 23.0 Å². The van der Waals surface area contributed by atoms with Crippen LogP contribution in [0, 0.1) is 17.6 Å². The zero-order chi connectivity index (χ0) is 14.6. The number of rotatable bonds is 6. The Morgan fingerprint density at radius 2 is 2.45 bits per heavy atom. The second kappa shape index (κ2) is 6.85. The first kappa shape index (κ1) is 15.7. The first-order chi connectivity index (χ1) is 9.60. The lowest BCUT2D eigenvalue weighted by Crippen LogP contribution is -2.48. The molecule has 1 saturated heterocycles. The first-order valence-corrected chi connectivity index (χ1v) is 8.30. The van der Waals surface area contributed by atoms with Gasteiger partial charge in [-0.3, -0.25) is 4.65 Å². The molecule has 2 rings (SSSR count). The fraction of sp³-hybridized carbons (Fsp3) is 0.667. The number of thioether (sulfide) groups is 1. The standard InChI is InChI=1S/C12H18N4O2S2/c1-3-5-7-19-12-14-13-11(20-12)16(18)9-15(6-4-2)8-10(16)17/h2,10,17H,3,5-9H2,1H3. The molecule has 0 aliphatic carbocycles. The van der Waals surface area contributed by atoms with E-state index in [4.69, 9.17) is 6.42 Å². The Bertz CT molecular complexity index is 490. The molecule has 0 aromatic carbocycles. The van der Waals surface area contributed by atoms with Crippen LogP contribution in [0.3, 0.4) is 0 Å². The largest absolute Gasteiger partial charge is 0.623 e. The van der Waals surface area contributed by atoms with Gasteiger partial charge in [-0.2, -0.15) is 0 Å². The third-order valence-corrected chi connectivity index (χ3v) is 5.33. The molecule has 8 heteroatoms. The molecule has 6 nitrogen and oxygen atoms in total. The van der Waals surface area contributed by atoms with E-state index in [1.54, 1.807) is 16.7 Å². The summed E-state index contributed by atoms with van der Waals surface area (Å²) in [6.07, 6.45) is 6.42. The Labute approximate surface area is 127 Å². The van der Waals surface area contributed by atoms with Gasteiger partial charge in [0.25, 0.3) is 0 Å². The third kappa shape index (κ3) is 3.31. The fourth-order valence-electron chi connectivity index (χ4n) is 1.96. The maximum Gasteiger partial charge on any atom is 0.310 e. The predicted octanol–water partition coefficient (Wildman–Crippen LogP) is 1.46. The molecule has 0 spiro atoms. The Balaban J connectivity index is 2.05. The lowest BCUT2D eigenvalue weighted by molar-refractivity contribution is 0.0844. The summed E-state index contributed by atoms with van der Waals surface area (Å²) < 4.78 is -0.0855. The van der Waals surface area contributed by atoms with Crippen molar-refractivity contribution in [3.05, 3.63) is 5.21 Å². The molecular weight excluding hydrogens is 296 g/mol. The molecule has 2 heterocycles. The molecule has 1 aromatic rings. The van der Waals surface area contributed by atoms with Crippen LogP contribution in [0.2, 0.25) is 0 Å². The van der Waals surface area contributed by atoms with Crippen molar-refractivity contribution >= 4 is 28.2 Å². The molecule has 110 valence electrons. The number of hydrogen-bond acceptors (Lipinski definition) is 7. The Kier molecular flexibility index (Phi) is 5.37. The van der Waals surface area contributed by atoms with Crippen LogP contribution in [0.5, 0.6) is 0 Å². The minimum absolute atomic E-state index is 0.125. The monoisotopic (exact) mass is 314 g/mol. The average molecular weight is 314 g/mol. The third-order valence-electron chi connectivity index (χ3n) is 3.07. The molecule has 1 N–H and O–H groups in total. The molecule has 0 saturated carbocycles. The van der Waals surface area contributed by atoms with Crippen molar-refractivity contribution in [1.29, 1.82) is 0 Å². The number of aliphatic hydroxyl groups is 1. The van der Waals surface area contributed by atoms with E-state index >= 15 is 0 Å². The van der Waals surface area contributed by atoms with Gasteiger partial charge in [0.1, 0.15) is 6.67 Å². The lowest BCUT2D eigenvalue weighted by atomic mass is 10.4. The van der Waals surface area contributed by atoms with Gasteiger partial charge in [0.15, 0.2) is 4.34 Å². The van der Waals surface area contributed by atoms with E-state index in [0.717, 1.165) is 22.9 Å². The highest BCUT2D eigenvalue weighted by molar-refractivity contribution is 8.01. The van der Waals surface area contributed by atoms with Crippen molar-refractivity contribution in [3.63, 3.8) is 0 Å². The number of aromatic nitrogens is 2. The van der Waals surface area contributed by atoms with Gasteiger partial charge in [-0.15, -0.1) is 11.5 Å². The summed E-state index contributed by atoms with van der Waals surface area (Å²) in [5.74, 6) is 3.46. The van der Waals surface area contributed by atoms with Gasteiger partial charge in [0.2, 0.25) is 6.23 Å². The number of aliphatic hydroxyl groups excluding tert-OH is 1. The van der Waals surface area contributed by atoms with Gasteiger partial charge in [-0.25, -0.2) is 4.90 Å². The minimum Gasteiger partial charge on any atom is -0.623 e. The maximum atomic E-state index is 12.7. The minimum atomic E-state index is -1.05. The second-order valence-electron chi connectivity index (χ2n) is 4.69. The molecule has 1 aliphatic heterocycles. The Morgan fingerprint density at radius 1 is 1.65 bits per heavy atom. The zero-order valence-corrected chi connectivity index (χ0v) is 13.0. The van der Waals surface area contributed by atoms with E-state index < -0.39 is 10.9 Å². The molecule has 2 atom stereocenters.